The Hall–Kier alpha value is -2.12. The highest BCUT2D eigenvalue weighted by Gasteiger charge is 2.21. The van der Waals surface area contributed by atoms with Gasteiger partial charge in [-0.2, -0.15) is 0 Å². The van der Waals surface area contributed by atoms with Crippen LogP contribution >= 0.6 is 0 Å². The molecule has 0 spiro atoms. The van der Waals surface area contributed by atoms with Crippen LogP contribution in [0.5, 0.6) is 11.5 Å². The second-order valence-electron chi connectivity index (χ2n) is 8.27. The summed E-state index contributed by atoms with van der Waals surface area (Å²) in [6.45, 7) is 8.96. The third-order valence-corrected chi connectivity index (χ3v) is 5.82. The van der Waals surface area contributed by atoms with Gasteiger partial charge < -0.3 is 19.3 Å². The van der Waals surface area contributed by atoms with Crippen LogP contribution in [0.25, 0.3) is 0 Å². The molecule has 4 rings (SSSR count). The van der Waals surface area contributed by atoms with Gasteiger partial charge in [-0.3, -0.25) is 9.80 Å². The molecule has 0 unspecified atom stereocenters. The highest BCUT2D eigenvalue weighted by atomic mass is 16.7. The number of hydrogen-bond donors (Lipinski definition) is 1. The standard InChI is InChI=1S/C24H32N2O4/c1-19(21-5-3-2-4-6-21)16-28-17-22(27)15-26-11-9-25(10-12-26)14-20-7-8-23-24(13-20)30-18-29-23/h2-8,13,19,22,27H,9-12,14-18H2,1H3/t19-,22+/m1/s1. The van der Waals surface area contributed by atoms with Gasteiger partial charge in [0.05, 0.1) is 19.3 Å². The van der Waals surface area contributed by atoms with Gasteiger partial charge in [0, 0.05) is 45.2 Å². The molecule has 6 nitrogen and oxygen atoms in total. The first kappa shape index (κ1) is 21.1. The molecular formula is C24H32N2O4. The highest BCUT2D eigenvalue weighted by molar-refractivity contribution is 5.44. The molecule has 2 atom stereocenters. The molecule has 2 aromatic rings. The van der Waals surface area contributed by atoms with Crippen molar-refractivity contribution in [3.05, 3.63) is 59.7 Å². The topological polar surface area (TPSA) is 54.4 Å². The van der Waals surface area contributed by atoms with E-state index in [-0.39, 0.29) is 0 Å². The largest absolute Gasteiger partial charge is 0.454 e. The van der Waals surface area contributed by atoms with E-state index < -0.39 is 6.10 Å². The summed E-state index contributed by atoms with van der Waals surface area (Å²) in [6.07, 6.45) is -0.451. The van der Waals surface area contributed by atoms with Crippen molar-refractivity contribution in [2.75, 3.05) is 52.7 Å². The molecule has 0 radical (unpaired) electrons. The Bertz CT molecular complexity index is 793. The molecule has 2 aromatic carbocycles. The van der Waals surface area contributed by atoms with E-state index in [2.05, 4.69) is 41.0 Å². The fourth-order valence-electron chi connectivity index (χ4n) is 4.04. The zero-order valence-electron chi connectivity index (χ0n) is 17.7. The zero-order valence-corrected chi connectivity index (χ0v) is 17.7. The van der Waals surface area contributed by atoms with Crippen molar-refractivity contribution in [2.45, 2.75) is 25.5 Å². The molecule has 1 fully saturated rings. The summed E-state index contributed by atoms with van der Waals surface area (Å²) >= 11 is 0. The van der Waals surface area contributed by atoms with Crippen molar-refractivity contribution >= 4 is 0 Å². The average Bonchev–Trinajstić information content (AvgIpc) is 3.23. The Kier molecular flexibility index (Phi) is 7.23. The molecule has 2 aliphatic heterocycles. The van der Waals surface area contributed by atoms with Crippen LogP contribution in [-0.2, 0) is 11.3 Å². The number of piperazine rings is 1. The van der Waals surface area contributed by atoms with Crippen LogP contribution in [0.2, 0.25) is 0 Å². The number of fused-ring (bicyclic) bond motifs is 1. The van der Waals surface area contributed by atoms with Crippen LogP contribution in [0.3, 0.4) is 0 Å². The molecule has 2 aliphatic rings. The summed E-state index contributed by atoms with van der Waals surface area (Å²) in [7, 11) is 0. The fraction of sp³-hybridized carbons (Fsp3) is 0.500. The lowest BCUT2D eigenvalue weighted by Gasteiger charge is -2.35. The summed E-state index contributed by atoms with van der Waals surface area (Å²) in [4.78, 5) is 4.77. The lowest BCUT2D eigenvalue weighted by atomic mass is 10.0. The first-order valence-corrected chi connectivity index (χ1v) is 10.8. The van der Waals surface area contributed by atoms with Crippen LogP contribution in [0.4, 0.5) is 0 Å². The monoisotopic (exact) mass is 412 g/mol. The van der Waals surface area contributed by atoms with Gasteiger partial charge in [-0.25, -0.2) is 0 Å². The Morgan fingerprint density at radius 2 is 1.67 bits per heavy atom. The van der Waals surface area contributed by atoms with Gasteiger partial charge >= 0.3 is 0 Å². The van der Waals surface area contributed by atoms with Crippen LogP contribution in [-0.4, -0.2) is 73.7 Å². The van der Waals surface area contributed by atoms with Gasteiger partial charge in [-0.1, -0.05) is 43.3 Å². The minimum Gasteiger partial charge on any atom is -0.454 e. The van der Waals surface area contributed by atoms with Crippen molar-refractivity contribution in [3.63, 3.8) is 0 Å². The predicted molar refractivity (Wildman–Crippen MR) is 116 cm³/mol. The SMILES string of the molecule is C[C@H](COC[C@@H](O)CN1CCN(Cc2ccc3c(c2)OCO3)CC1)c1ccccc1. The van der Waals surface area contributed by atoms with Gasteiger partial charge in [0.1, 0.15) is 0 Å². The minimum atomic E-state index is -0.451. The number of nitrogens with zero attached hydrogens (tertiary/aromatic N) is 2. The molecule has 1 N–H and O–H groups in total. The second-order valence-corrected chi connectivity index (χ2v) is 8.27. The molecule has 30 heavy (non-hydrogen) atoms. The predicted octanol–water partition coefficient (Wildman–Crippen LogP) is 2.71. The quantitative estimate of drug-likeness (QED) is 0.684. The first-order valence-electron chi connectivity index (χ1n) is 10.8. The van der Waals surface area contributed by atoms with Crippen molar-refractivity contribution in [1.82, 2.24) is 9.80 Å². The summed E-state index contributed by atoms with van der Waals surface area (Å²) in [5.74, 6) is 2.01. The molecule has 2 heterocycles. The number of aliphatic hydroxyl groups excluding tert-OH is 1. The number of aliphatic hydroxyl groups is 1. The number of ether oxygens (including phenoxy) is 3. The van der Waals surface area contributed by atoms with Gasteiger partial charge in [-0.15, -0.1) is 0 Å². The van der Waals surface area contributed by atoms with Gasteiger partial charge in [0.15, 0.2) is 11.5 Å². The fourth-order valence-corrected chi connectivity index (χ4v) is 4.04. The van der Waals surface area contributed by atoms with E-state index in [1.165, 1.54) is 11.1 Å². The third-order valence-electron chi connectivity index (χ3n) is 5.82. The van der Waals surface area contributed by atoms with Gasteiger partial charge in [-0.05, 0) is 23.3 Å². The number of rotatable bonds is 9. The van der Waals surface area contributed by atoms with Crippen LogP contribution in [0.15, 0.2) is 48.5 Å². The maximum Gasteiger partial charge on any atom is 0.231 e. The average molecular weight is 413 g/mol. The second kappa shape index (κ2) is 10.3. The molecule has 6 heteroatoms. The summed E-state index contributed by atoms with van der Waals surface area (Å²) in [5, 5.41) is 10.4. The van der Waals surface area contributed by atoms with E-state index in [0.29, 0.717) is 32.5 Å². The summed E-state index contributed by atoms with van der Waals surface area (Å²) in [6, 6.07) is 16.5. The third kappa shape index (κ3) is 5.73. The molecular weight excluding hydrogens is 380 g/mol. The Morgan fingerprint density at radius 1 is 0.933 bits per heavy atom. The summed E-state index contributed by atoms with van der Waals surface area (Å²) in [5.41, 5.74) is 2.51. The van der Waals surface area contributed by atoms with Crippen LogP contribution in [0, 0.1) is 0 Å². The normalized spacial score (nSPS) is 19.0. The Labute approximate surface area is 179 Å². The molecule has 0 amide bonds. The van der Waals surface area contributed by atoms with Gasteiger partial charge in [0.25, 0.3) is 0 Å². The van der Waals surface area contributed by atoms with E-state index in [9.17, 15) is 5.11 Å². The van der Waals surface area contributed by atoms with E-state index in [1.54, 1.807) is 0 Å². The molecule has 1 saturated heterocycles. The van der Waals surface area contributed by atoms with Crippen molar-refractivity contribution in [2.24, 2.45) is 0 Å². The number of β-amino-alcohol motifs (C(OH)–C–C–N with tert-alkyl or cyclic N) is 1. The van der Waals surface area contributed by atoms with Crippen molar-refractivity contribution < 1.29 is 19.3 Å². The lowest BCUT2D eigenvalue weighted by molar-refractivity contribution is 0.00364. The minimum absolute atomic E-state index is 0.314. The van der Waals surface area contributed by atoms with E-state index in [4.69, 9.17) is 14.2 Å². The van der Waals surface area contributed by atoms with E-state index >= 15 is 0 Å². The van der Waals surface area contributed by atoms with Crippen molar-refractivity contribution in [3.8, 4) is 11.5 Å². The van der Waals surface area contributed by atoms with Crippen LogP contribution < -0.4 is 9.47 Å². The molecule has 0 aromatic heterocycles. The smallest absolute Gasteiger partial charge is 0.231 e. The lowest BCUT2D eigenvalue weighted by Crippen LogP contribution is -2.48. The van der Waals surface area contributed by atoms with Gasteiger partial charge in [0.2, 0.25) is 6.79 Å². The molecule has 0 bridgehead atoms. The summed E-state index contributed by atoms with van der Waals surface area (Å²) < 4.78 is 16.6. The first-order chi connectivity index (χ1) is 14.7. The molecule has 0 aliphatic carbocycles. The maximum atomic E-state index is 10.4. The van der Waals surface area contributed by atoms with E-state index in [0.717, 1.165) is 44.2 Å². The number of hydrogen-bond acceptors (Lipinski definition) is 6. The van der Waals surface area contributed by atoms with Crippen molar-refractivity contribution in [1.29, 1.82) is 0 Å². The number of benzene rings is 2. The Balaban J connectivity index is 1.13. The molecule has 0 saturated carbocycles. The van der Waals surface area contributed by atoms with E-state index in [1.807, 2.05) is 24.3 Å². The highest BCUT2D eigenvalue weighted by Crippen LogP contribution is 2.32. The molecule has 162 valence electrons. The zero-order chi connectivity index (χ0) is 20.8. The maximum absolute atomic E-state index is 10.4. The Morgan fingerprint density at radius 3 is 2.47 bits per heavy atom. The van der Waals surface area contributed by atoms with Crippen LogP contribution in [0.1, 0.15) is 24.0 Å².